The zero-order chi connectivity index (χ0) is 81.7. The molecule has 4 heterocycles. The number of rotatable bonds is 31. The van der Waals surface area contributed by atoms with Crippen LogP contribution < -0.4 is 11.1 Å². The highest BCUT2D eigenvalue weighted by molar-refractivity contribution is 6.38. The first-order chi connectivity index (χ1) is 50.4. The van der Waals surface area contributed by atoms with Gasteiger partial charge in [-0.2, -0.15) is 0 Å². The van der Waals surface area contributed by atoms with Crippen molar-refractivity contribution in [2.24, 2.45) is 95.4 Å². The quantitative estimate of drug-likeness (QED) is 0.0469. The average Bonchev–Trinajstić information content (AvgIpc) is 1.46. The van der Waals surface area contributed by atoms with E-state index in [0.717, 1.165) is 116 Å². The summed E-state index contributed by atoms with van der Waals surface area (Å²) < 4.78 is 0. The third kappa shape index (κ3) is 18.6. The molecule has 5 N–H and O–H groups in total. The number of likely N-dealkylation sites (tertiary alicyclic amines) is 4. The molecule has 6 aliphatic carbocycles. The van der Waals surface area contributed by atoms with Gasteiger partial charge in [0.15, 0.2) is 34.7 Å². The molecule has 10 aliphatic rings. The first-order valence-electron chi connectivity index (χ1n) is 43.2. The van der Waals surface area contributed by atoms with Gasteiger partial charge in [0.1, 0.15) is 12.1 Å². The number of fused-ring (bicyclic) bond motifs is 2. The zero-order valence-electron chi connectivity index (χ0n) is 72.0. The molecule has 4 aliphatic heterocycles. The van der Waals surface area contributed by atoms with Gasteiger partial charge in [-0.1, -0.05) is 163 Å². The van der Waals surface area contributed by atoms with Crippen LogP contribution in [0.4, 0.5) is 0 Å². The standard InChI is InChI=1S/C45H73N3O6.C36H60N2O5.C9H17NO2/c1-12-16-30(37(52)35(50)23-29-18-19-29)24-34(49)33-26-45(43(10,11)44(45)20-15-21-44)27-48(33)40(54)31(41(4,5)6)25-36(51)38(42(7,8)9)46-39(53)32-17-13-14-22-47(32)28(2)3;1-10-12-23(29(42)27(40)17-22-13-14-22)18-26(39)25-20-36(34(8,9)35(36)15-11-16-35)21-38(25)31(43)24(32(2,3)4)19-28(41)30(37)33(5,6)7;1-7(2)10-6-4-3-5-8(10)9(11)12/h28-33,38H,12-27H2,1-11H3,(H,46,53);22-25,29-30,42H,10-21,37H2,1-9H3;7-8H,3-6H2,1-2H3,(H,11,12)/t30-,31-,32+,33+,38-,45-;23-,24-,25+,29?,30-,36-;8-/m110/s1. The molecule has 109 heavy (non-hydrogen) atoms. The minimum atomic E-state index is -1.14. The van der Waals surface area contributed by atoms with E-state index in [4.69, 9.17) is 10.8 Å². The molecule has 0 aromatic rings. The molecule has 4 spiro atoms. The van der Waals surface area contributed by atoms with Crippen molar-refractivity contribution in [2.45, 2.75) is 387 Å². The molecule has 0 aromatic carbocycles. The maximum absolute atomic E-state index is 15.1. The minimum Gasteiger partial charge on any atom is -0.480 e. The van der Waals surface area contributed by atoms with E-state index in [2.05, 4.69) is 70.5 Å². The van der Waals surface area contributed by atoms with Crippen molar-refractivity contribution in [1.82, 2.24) is 24.9 Å². The fraction of sp³-hybridized carbons (Fsp3) is 0.878. The van der Waals surface area contributed by atoms with E-state index in [1.807, 2.05) is 102 Å². The van der Waals surface area contributed by atoms with Crippen molar-refractivity contribution in [3.63, 3.8) is 0 Å². The molecule has 4 saturated heterocycles. The van der Waals surface area contributed by atoms with E-state index in [0.29, 0.717) is 69.5 Å². The lowest BCUT2D eigenvalue weighted by Crippen LogP contribution is -2.58. The average molecular weight is 1520 g/mol. The second-order valence-electron chi connectivity index (χ2n) is 42.4. The number of nitrogens with one attached hydrogen (secondary N) is 1. The highest BCUT2D eigenvalue weighted by Crippen LogP contribution is 2.89. The van der Waals surface area contributed by atoms with Gasteiger partial charge in [0.05, 0.1) is 30.2 Å². The van der Waals surface area contributed by atoms with Crippen LogP contribution >= 0.6 is 0 Å². The number of ketones is 7. The fourth-order valence-electron chi connectivity index (χ4n) is 22.1. The van der Waals surface area contributed by atoms with Crippen molar-refractivity contribution >= 4 is 64.2 Å². The Hall–Kier alpha value is -4.59. The summed E-state index contributed by atoms with van der Waals surface area (Å²) in [6.07, 6.45) is 19.8. The van der Waals surface area contributed by atoms with E-state index < -0.39 is 87.4 Å². The predicted molar refractivity (Wildman–Crippen MR) is 428 cm³/mol. The molecule has 0 bridgehead atoms. The van der Waals surface area contributed by atoms with Crippen molar-refractivity contribution in [3.05, 3.63) is 0 Å². The lowest BCUT2D eigenvalue weighted by atomic mass is 9.73. The van der Waals surface area contributed by atoms with Gasteiger partial charge in [-0.3, -0.25) is 62.5 Å². The van der Waals surface area contributed by atoms with E-state index in [9.17, 15) is 53.1 Å². The van der Waals surface area contributed by atoms with Crippen LogP contribution in [0.1, 0.15) is 332 Å². The summed E-state index contributed by atoms with van der Waals surface area (Å²) in [6, 6.07) is -2.74. The van der Waals surface area contributed by atoms with Gasteiger partial charge in [-0.25, -0.2) is 0 Å². The number of aliphatic hydroxyl groups excluding tert-OH is 1. The lowest BCUT2D eigenvalue weighted by Gasteiger charge is -2.40. The van der Waals surface area contributed by atoms with Gasteiger partial charge in [0, 0.05) is 92.3 Å². The van der Waals surface area contributed by atoms with Crippen LogP contribution in [-0.4, -0.2) is 175 Å². The number of carboxylic acids is 1. The molecule has 19 nitrogen and oxygen atoms in total. The number of amides is 3. The topological polar surface area (TPSA) is 279 Å². The summed E-state index contributed by atoms with van der Waals surface area (Å²) in [6.45, 7) is 47.9. The Morgan fingerprint density at radius 2 is 0.908 bits per heavy atom. The molecular weight excluding hydrogens is 1370 g/mol. The molecule has 618 valence electrons. The summed E-state index contributed by atoms with van der Waals surface area (Å²) in [4.78, 5) is 158. The number of hydrogen-bond acceptors (Lipinski definition) is 15. The Morgan fingerprint density at radius 1 is 0.486 bits per heavy atom. The van der Waals surface area contributed by atoms with Crippen LogP contribution in [0.5, 0.6) is 0 Å². The minimum absolute atomic E-state index is 0.0238. The van der Waals surface area contributed by atoms with Crippen LogP contribution in [0.25, 0.3) is 0 Å². The smallest absolute Gasteiger partial charge is 0.320 e. The largest absolute Gasteiger partial charge is 0.480 e. The van der Waals surface area contributed by atoms with Gasteiger partial charge in [-0.05, 0) is 205 Å². The Labute approximate surface area is 656 Å². The summed E-state index contributed by atoms with van der Waals surface area (Å²) >= 11 is 0. The van der Waals surface area contributed by atoms with E-state index in [-0.39, 0.29) is 135 Å². The second-order valence-corrected chi connectivity index (χ2v) is 42.4. The number of hydrogen-bond donors (Lipinski definition) is 4. The summed E-state index contributed by atoms with van der Waals surface area (Å²) in [7, 11) is 0. The van der Waals surface area contributed by atoms with Crippen molar-refractivity contribution < 1.29 is 63.0 Å². The number of piperidine rings is 2. The molecule has 0 radical (unpaired) electrons. The molecule has 6 saturated carbocycles. The Morgan fingerprint density at radius 3 is 1.28 bits per heavy atom. The first-order valence-corrected chi connectivity index (χ1v) is 43.2. The molecular formula is C90H150N6O13. The van der Waals surface area contributed by atoms with Crippen molar-refractivity contribution in [2.75, 3.05) is 26.2 Å². The van der Waals surface area contributed by atoms with Gasteiger partial charge in [-0.15, -0.1) is 0 Å². The number of carbonyl (C=O) groups is 11. The van der Waals surface area contributed by atoms with Crippen LogP contribution in [0.2, 0.25) is 0 Å². The lowest BCUT2D eigenvalue weighted by molar-refractivity contribution is -0.147. The number of carboxylic acid groups (broad SMARTS) is 1. The predicted octanol–water partition coefficient (Wildman–Crippen LogP) is 14.7. The number of aliphatic hydroxyl groups is 1. The SMILES string of the molecule is CC(C)N1CCCC[C@H]1C(=O)O.CCC[C@H](CC(=O)[C@@H]1C[C@@]2(CN1C(=O)[C@@H](CC(=O)[C@@H](N)C(C)(C)C)C(C)(C)C)C(C)(C)C21CCC1)C(O)C(=O)CC1CC1.CCC[C@H](CC(=O)[C@@H]1C[C@@]2(CN1C(=O)[C@@H](CC(=O)[C@@H](NC(=O)[C@@H]1CCCCN1C(C)C)C(C)(C)C)C(C)(C)C)C(C)(C)C21CCC1)C(=O)C(=O)CC1CC1. The molecule has 10 rings (SSSR count). The number of nitrogens with zero attached hydrogens (tertiary/aromatic N) is 4. The molecule has 13 atom stereocenters. The van der Waals surface area contributed by atoms with Crippen LogP contribution in [0.15, 0.2) is 0 Å². The monoisotopic (exact) mass is 1520 g/mol. The third-order valence-corrected chi connectivity index (χ3v) is 30.2. The van der Waals surface area contributed by atoms with Crippen LogP contribution in [-0.2, 0) is 52.7 Å². The molecule has 10 fully saturated rings. The summed E-state index contributed by atoms with van der Waals surface area (Å²) in [5, 5.41) is 23.1. The normalized spacial score (nSPS) is 28.1. The first kappa shape index (κ1) is 90.0. The number of Topliss-reactive ketones (excluding diaryl/α,β-unsaturated/α-hetero) is 7. The molecule has 1 unspecified atom stereocenters. The van der Waals surface area contributed by atoms with E-state index in [1.165, 1.54) is 6.42 Å². The van der Waals surface area contributed by atoms with Crippen LogP contribution in [0.3, 0.4) is 0 Å². The Balaban J connectivity index is 0.000000242. The Bertz CT molecular complexity index is 3330. The van der Waals surface area contributed by atoms with E-state index >= 15 is 4.79 Å². The zero-order valence-corrected chi connectivity index (χ0v) is 72.0. The van der Waals surface area contributed by atoms with Crippen LogP contribution in [0, 0.1) is 89.7 Å². The highest BCUT2D eigenvalue weighted by atomic mass is 16.4. The maximum Gasteiger partial charge on any atom is 0.320 e. The molecule has 19 heteroatoms. The van der Waals surface area contributed by atoms with Gasteiger partial charge in [0.25, 0.3) is 0 Å². The second kappa shape index (κ2) is 34.1. The van der Waals surface area contributed by atoms with Crippen molar-refractivity contribution in [1.29, 1.82) is 0 Å². The van der Waals surface area contributed by atoms with E-state index in [1.54, 1.807) is 4.90 Å². The van der Waals surface area contributed by atoms with Gasteiger partial charge >= 0.3 is 5.97 Å². The maximum atomic E-state index is 15.1. The molecule has 0 aromatic heterocycles. The summed E-state index contributed by atoms with van der Waals surface area (Å²) in [5.74, 6) is -4.28. The fourth-order valence-corrected chi connectivity index (χ4v) is 22.1. The van der Waals surface area contributed by atoms with Gasteiger partial charge in [0.2, 0.25) is 23.5 Å². The third-order valence-electron chi connectivity index (χ3n) is 30.2. The summed E-state index contributed by atoms with van der Waals surface area (Å²) in [5.41, 5.74) is 4.15. The van der Waals surface area contributed by atoms with Gasteiger partial charge < -0.3 is 31.1 Å². The number of carbonyl (C=O) groups excluding carboxylic acids is 10. The van der Waals surface area contributed by atoms with Crippen molar-refractivity contribution in [3.8, 4) is 0 Å². The molecule has 3 amide bonds. The highest BCUT2D eigenvalue weighted by Gasteiger charge is 2.86. The number of aliphatic carboxylic acids is 1. The Kier molecular flexibility index (Phi) is 28.1. The number of nitrogens with two attached hydrogens (primary N) is 1.